The fraction of sp³-hybridized carbons (Fsp3) is 0.357. The molecule has 1 N–H and O–H groups in total. The van der Waals surface area contributed by atoms with Crippen LogP contribution in [0.4, 0.5) is 8.78 Å². The van der Waals surface area contributed by atoms with Crippen LogP contribution in [0.5, 0.6) is 0 Å². The topological polar surface area (TPSA) is 29.9 Å². The van der Waals surface area contributed by atoms with E-state index in [0.29, 0.717) is 12.1 Å². The minimum Gasteiger partial charge on any atom is -0.307 e. The summed E-state index contributed by atoms with van der Waals surface area (Å²) < 4.78 is 28.4. The van der Waals surface area contributed by atoms with Gasteiger partial charge in [0, 0.05) is 30.9 Å². The van der Waals surface area contributed by atoms with Gasteiger partial charge in [-0.25, -0.2) is 8.78 Å². The molecule has 19 heavy (non-hydrogen) atoms. The second-order valence-electron chi connectivity index (χ2n) is 4.68. The maximum absolute atomic E-state index is 13.4. The van der Waals surface area contributed by atoms with E-state index in [2.05, 4.69) is 10.4 Å². The Morgan fingerprint density at radius 2 is 2.00 bits per heavy atom. The van der Waals surface area contributed by atoms with E-state index in [1.807, 2.05) is 24.6 Å². The molecule has 102 valence electrons. The Hall–Kier alpha value is -1.75. The van der Waals surface area contributed by atoms with E-state index in [0.717, 1.165) is 11.8 Å². The quantitative estimate of drug-likeness (QED) is 0.900. The van der Waals surface area contributed by atoms with E-state index in [4.69, 9.17) is 0 Å². The number of benzene rings is 1. The fourth-order valence-corrected chi connectivity index (χ4v) is 1.96. The predicted octanol–water partition coefficient (Wildman–Crippen LogP) is 3.03. The van der Waals surface area contributed by atoms with Crippen LogP contribution in [-0.2, 0) is 13.1 Å². The second-order valence-corrected chi connectivity index (χ2v) is 4.68. The van der Waals surface area contributed by atoms with Crippen molar-refractivity contribution in [2.45, 2.75) is 33.0 Å². The lowest BCUT2D eigenvalue weighted by Crippen LogP contribution is -2.18. The summed E-state index contributed by atoms with van der Waals surface area (Å²) in [6.07, 6.45) is 1.74. The van der Waals surface area contributed by atoms with Gasteiger partial charge in [0.25, 0.3) is 0 Å². The zero-order chi connectivity index (χ0) is 13.8. The Labute approximate surface area is 111 Å². The third-order valence-corrected chi connectivity index (χ3v) is 2.89. The van der Waals surface area contributed by atoms with Gasteiger partial charge in [-0.1, -0.05) is 12.1 Å². The van der Waals surface area contributed by atoms with E-state index in [1.165, 1.54) is 6.07 Å². The Bertz CT molecular complexity index is 549. The molecule has 0 atom stereocenters. The molecule has 2 rings (SSSR count). The highest BCUT2D eigenvalue weighted by Gasteiger charge is 2.08. The minimum atomic E-state index is -0.813. The molecule has 0 saturated carbocycles. The van der Waals surface area contributed by atoms with Gasteiger partial charge in [-0.05, 0) is 26.0 Å². The van der Waals surface area contributed by atoms with Crippen LogP contribution in [0.15, 0.2) is 30.5 Å². The summed E-state index contributed by atoms with van der Waals surface area (Å²) in [5.41, 5.74) is 1.35. The molecule has 0 spiro atoms. The summed E-state index contributed by atoms with van der Waals surface area (Å²) in [5, 5.41) is 7.32. The van der Waals surface area contributed by atoms with Crippen molar-refractivity contribution in [1.29, 1.82) is 0 Å². The normalized spacial score (nSPS) is 11.2. The van der Waals surface area contributed by atoms with Crippen LogP contribution in [0.2, 0.25) is 0 Å². The van der Waals surface area contributed by atoms with Crippen LogP contribution in [0, 0.1) is 11.6 Å². The Morgan fingerprint density at radius 1 is 1.21 bits per heavy atom. The van der Waals surface area contributed by atoms with Crippen LogP contribution in [0.3, 0.4) is 0 Å². The number of hydrogen-bond acceptors (Lipinski definition) is 2. The SMILES string of the molecule is CC(C)n1nccc1CNCc1cccc(F)c1F. The summed E-state index contributed by atoms with van der Waals surface area (Å²) in [6.45, 7) is 4.94. The Kier molecular flexibility index (Phi) is 4.27. The minimum absolute atomic E-state index is 0.276. The second kappa shape index (κ2) is 5.93. The summed E-state index contributed by atoms with van der Waals surface area (Å²) in [6, 6.07) is 6.39. The van der Waals surface area contributed by atoms with Gasteiger partial charge >= 0.3 is 0 Å². The van der Waals surface area contributed by atoms with Crippen LogP contribution >= 0.6 is 0 Å². The Morgan fingerprint density at radius 3 is 2.74 bits per heavy atom. The van der Waals surface area contributed by atoms with Crippen molar-refractivity contribution in [3.63, 3.8) is 0 Å². The predicted molar refractivity (Wildman–Crippen MR) is 69.5 cm³/mol. The molecule has 1 aromatic heterocycles. The van der Waals surface area contributed by atoms with E-state index in [9.17, 15) is 8.78 Å². The number of halogens is 2. The van der Waals surface area contributed by atoms with Crippen molar-refractivity contribution in [3.05, 3.63) is 53.4 Å². The number of rotatable bonds is 5. The van der Waals surface area contributed by atoms with Crippen molar-refractivity contribution in [2.24, 2.45) is 0 Å². The molecule has 0 aliphatic carbocycles. The van der Waals surface area contributed by atoms with Crippen molar-refractivity contribution in [3.8, 4) is 0 Å². The molecule has 0 radical (unpaired) electrons. The maximum Gasteiger partial charge on any atom is 0.163 e. The molecule has 2 aromatic rings. The summed E-state index contributed by atoms with van der Waals surface area (Å²) in [4.78, 5) is 0. The number of nitrogens with one attached hydrogen (secondary N) is 1. The van der Waals surface area contributed by atoms with Crippen LogP contribution < -0.4 is 5.32 Å². The highest BCUT2D eigenvalue weighted by molar-refractivity contribution is 5.18. The lowest BCUT2D eigenvalue weighted by Gasteiger charge is -2.12. The van der Waals surface area contributed by atoms with E-state index in [1.54, 1.807) is 12.3 Å². The highest BCUT2D eigenvalue weighted by Crippen LogP contribution is 2.12. The molecular formula is C14H17F2N3. The summed E-state index contributed by atoms with van der Waals surface area (Å²) in [7, 11) is 0. The van der Waals surface area contributed by atoms with Gasteiger partial charge in [-0.3, -0.25) is 4.68 Å². The summed E-state index contributed by atoms with van der Waals surface area (Å²) in [5.74, 6) is -1.60. The molecule has 0 fully saturated rings. The Balaban J connectivity index is 1.97. The van der Waals surface area contributed by atoms with Crippen LogP contribution in [0.1, 0.15) is 31.1 Å². The van der Waals surface area contributed by atoms with E-state index in [-0.39, 0.29) is 12.6 Å². The molecule has 5 heteroatoms. The van der Waals surface area contributed by atoms with Gasteiger partial charge in [-0.2, -0.15) is 5.10 Å². The van der Waals surface area contributed by atoms with Crippen molar-refractivity contribution in [2.75, 3.05) is 0 Å². The maximum atomic E-state index is 13.4. The monoisotopic (exact) mass is 265 g/mol. The average Bonchev–Trinajstić information content (AvgIpc) is 2.83. The van der Waals surface area contributed by atoms with Gasteiger partial charge in [0.1, 0.15) is 0 Å². The number of hydrogen-bond donors (Lipinski definition) is 1. The first-order valence-electron chi connectivity index (χ1n) is 6.25. The van der Waals surface area contributed by atoms with Gasteiger partial charge in [0.15, 0.2) is 11.6 Å². The first-order valence-corrected chi connectivity index (χ1v) is 6.25. The van der Waals surface area contributed by atoms with Gasteiger partial charge in [0.05, 0.1) is 5.69 Å². The smallest absolute Gasteiger partial charge is 0.163 e. The van der Waals surface area contributed by atoms with E-state index >= 15 is 0 Å². The molecule has 1 aromatic carbocycles. The first kappa shape index (κ1) is 13.7. The molecule has 0 unspecified atom stereocenters. The molecule has 0 aliphatic heterocycles. The molecule has 0 amide bonds. The first-order chi connectivity index (χ1) is 9.09. The molecule has 0 saturated heterocycles. The molecule has 3 nitrogen and oxygen atoms in total. The standard InChI is InChI=1S/C14H17F2N3/c1-10(2)19-12(6-7-18-19)9-17-8-11-4-3-5-13(15)14(11)16/h3-7,10,17H,8-9H2,1-2H3. The van der Waals surface area contributed by atoms with Crippen LogP contribution in [-0.4, -0.2) is 9.78 Å². The largest absolute Gasteiger partial charge is 0.307 e. The van der Waals surface area contributed by atoms with Gasteiger partial charge in [-0.15, -0.1) is 0 Å². The lowest BCUT2D eigenvalue weighted by atomic mass is 10.2. The molecule has 0 aliphatic rings. The molecule has 0 bridgehead atoms. The van der Waals surface area contributed by atoms with Gasteiger partial charge in [0.2, 0.25) is 0 Å². The molecular weight excluding hydrogens is 248 g/mol. The zero-order valence-corrected chi connectivity index (χ0v) is 11.0. The average molecular weight is 265 g/mol. The van der Waals surface area contributed by atoms with Crippen molar-refractivity contribution < 1.29 is 8.78 Å². The van der Waals surface area contributed by atoms with Crippen molar-refractivity contribution in [1.82, 2.24) is 15.1 Å². The fourth-order valence-electron chi connectivity index (χ4n) is 1.96. The number of aromatic nitrogens is 2. The van der Waals surface area contributed by atoms with E-state index < -0.39 is 11.6 Å². The van der Waals surface area contributed by atoms with Crippen LogP contribution in [0.25, 0.3) is 0 Å². The third kappa shape index (κ3) is 3.17. The lowest BCUT2D eigenvalue weighted by molar-refractivity contribution is 0.481. The highest BCUT2D eigenvalue weighted by atomic mass is 19.2. The van der Waals surface area contributed by atoms with Gasteiger partial charge < -0.3 is 5.32 Å². The van der Waals surface area contributed by atoms with Crippen molar-refractivity contribution >= 4 is 0 Å². The zero-order valence-electron chi connectivity index (χ0n) is 11.0. The summed E-state index contributed by atoms with van der Waals surface area (Å²) >= 11 is 0. The molecule has 1 heterocycles. The third-order valence-electron chi connectivity index (χ3n) is 2.89. The number of nitrogens with zero attached hydrogens (tertiary/aromatic N) is 2.